The minimum atomic E-state index is -0.0306. The Morgan fingerprint density at radius 1 is 1.12 bits per heavy atom. The molecule has 0 amide bonds. The zero-order valence-corrected chi connectivity index (χ0v) is 11.6. The third kappa shape index (κ3) is 3.61. The average molecular weight is 247 g/mol. The minimum Gasteiger partial charge on any atom is -0.324 e. The van der Waals surface area contributed by atoms with E-state index in [1.165, 1.54) is 51.6 Å². The van der Waals surface area contributed by atoms with Gasteiger partial charge in [0.15, 0.2) is 0 Å². The molecular formula is C13H27ClN2. The van der Waals surface area contributed by atoms with Crippen molar-refractivity contribution in [2.75, 3.05) is 19.6 Å². The lowest BCUT2D eigenvalue weighted by Gasteiger charge is -2.42. The van der Waals surface area contributed by atoms with Crippen molar-refractivity contribution in [3.63, 3.8) is 0 Å². The first-order valence-corrected chi connectivity index (χ1v) is 6.51. The summed E-state index contributed by atoms with van der Waals surface area (Å²) in [4.78, 5) is 2.61. The molecule has 0 aromatic carbocycles. The van der Waals surface area contributed by atoms with Crippen LogP contribution in [-0.4, -0.2) is 30.1 Å². The maximum atomic E-state index is 6.11. The van der Waals surface area contributed by atoms with E-state index in [0.29, 0.717) is 5.41 Å². The van der Waals surface area contributed by atoms with Gasteiger partial charge in [-0.25, -0.2) is 0 Å². The largest absolute Gasteiger partial charge is 0.324 e. The number of rotatable bonds is 2. The molecule has 2 fully saturated rings. The molecule has 2 nitrogen and oxygen atoms in total. The number of piperidine rings is 1. The number of hydrogen-bond acceptors (Lipinski definition) is 2. The Hall–Kier alpha value is 0.210. The van der Waals surface area contributed by atoms with Crippen LogP contribution >= 0.6 is 12.4 Å². The van der Waals surface area contributed by atoms with Crippen LogP contribution in [0.3, 0.4) is 0 Å². The van der Waals surface area contributed by atoms with Crippen molar-refractivity contribution in [2.24, 2.45) is 11.1 Å². The summed E-state index contributed by atoms with van der Waals surface area (Å²) in [5, 5.41) is 0. The van der Waals surface area contributed by atoms with Crippen LogP contribution in [-0.2, 0) is 0 Å². The van der Waals surface area contributed by atoms with Crippen molar-refractivity contribution >= 4 is 12.4 Å². The van der Waals surface area contributed by atoms with Gasteiger partial charge in [0.05, 0.1) is 0 Å². The fraction of sp³-hybridized carbons (Fsp3) is 1.00. The molecule has 0 radical (unpaired) electrons. The van der Waals surface area contributed by atoms with E-state index in [-0.39, 0.29) is 17.9 Å². The quantitative estimate of drug-likeness (QED) is 0.812. The normalized spacial score (nSPS) is 25.7. The van der Waals surface area contributed by atoms with Gasteiger partial charge < -0.3 is 10.6 Å². The first-order chi connectivity index (χ1) is 6.99. The molecule has 1 saturated heterocycles. The molecule has 1 spiro atoms. The average Bonchev–Trinajstić information content (AvgIpc) is 2.50. The lowest BCUT2D eigenvalue weighted by Crippen LogP contribution is -2.50. The Bertz CT molecular complexity index is 216. The zero-order valence-electron chi connectivity index (χ0n) is 10.8. The fourth-order valence-electron chi connectivity index (χ4n) is 3.55. The lowest BCUT2D eigenvalue weighted by molar-refractivity contribution is 0.0791. The molecule has 1 saturated carbocycles. The second-order valence-corrected chi connectivity index (χ2v) is 6.51. The molecule has 1 aliphatic carbocycles. The highest BCUT2D eigenvalue weighted by molar-refractivity contribution is 5.85. The van der Waals surface area contributed by atoms with E-state index >= 15 is 0 Å². The molecule has 0 atom stereocenters. The molecule has 2 aliphatic rings. The van der Waals surface area contributed by atoms with Crippen LogP contribution in [0, 0.1) is 5.41 Å². The number of nitrogens with zero attached hydrogens (tertiary/aromatic N) is 1. The van der Waals surface area contributed by atoms with Crippen molar-refractivity contribution < 1.29 is 0 Å². The molecule has 2 rings (SSSR count). The summed E-state index contributed by atoms with van der Waals surface area (Å²) in [5.41, 5.74) is 6.77. The van der Waals surface area contributed by atoms with Gasteiger partial charge >= 0.3 is 0 Å². The van der Waals surface area contributed by atoms with E-state index in [1.807, 2.05) is 0 Å². The van der Waals surface area contributed by atoms with Crippen LogP contribution in [0.4, 0.5) is 0 Å². The van der Waals surface area contributed by atoms with Crippen LogP contribution in [0.15, 0.2) is 0 Å². The summed E-state index contributed by atoms with van der Waals surface area (Å²) < 4.78 is 0. The van der Waals surface area contributed by atoms with E-state index in [9.17, 15) is 0 Å². The van der Waals surface area contributed by atoms with Gasteiger partial charge in [-0.3, -0.25) is 0 Å². The van der Waals surface area contributed by atoms with Gasteiger partial charge in [0.25, 0.3) is 0 Å². The van der Waals surface area contributed by atoms with Crippen molar-refractivity contribution in [3.8, 4) is 0 Å². The maximum Gasteiger partial charge on any atom is 0.0226 e. The second kappa shape index (κ2) is 5.24. The summed E-state index contributed by atoms with van der Waals surface area (Å²) >= 11 is 0. The highest BCUT2D eigenvalue weighted by Crippen LogP contribution is 2.44. The molecule has 0 aromatic rings. The molecule has 96 valence electrons. The number of halogens is 1. The summed E-state index contributed by atoms with van der Waals surface area (Å²) in [7, 11) is 0. The maximum absolute atomic E-state index is 6.11. The summed E-state index contributed by atoms with van der Waals surface area (Å²) in [6.07, 6.45) is 8.70. The molecule has 0 aromatic heterocycles. The van der Waals surface area contributed by atoms with Gasteiger partial charge in [-0.1, -0.05) is 12.8 Å². The zero-order chi connectivity index (χ0) is 10.9. The molecule has 1 heterocycles. The lowest BCUT2D eigenvalue weighted by atomic mass is 9.78. The Morgan fingerprint density at radius 2 is 1.69 bits per heavy atom. The molecule has 0 bridgehead atoms. The third-order valence-electron chi connectivity index (χ3n) is 4.04. The first-order valence-electron chi connectivity index (χ1n) is 6.51. The fourth-order valence-corrected chi connectivity index (χ4v) is 3.55. The molecule has 16 heavy (non-hydrogen) atoms. The number of nitrogens with two attached hydrogens (primary N) is 1. The topological polar surface area (TPSA) is 29.3 Å². The molecule has 0 unspecified atom stereocenters. The first kappa shape index (κ1) is 14.3. The van der Waals surface area contributed by atoms with E-state index < -0.39 is 0 Å². The second-order valence-electron chi connectivity index (χ2n) is 6.51. The van der Waals surface area contributed by atoms with Crippen LogP contribution in [0.5, 0.6) is 0 Å². The van der Waals surface area contributed by atoms with E-state index in [2.05, 4.69) is 18.7 Å². The van der Waals surface area contributed by atoms with E-state index in [1.54, 1.807) is 0 Å². The summed E-state index contributed by atoms with van der Waals surface area (Å²) in [6, 6.07) is 0. The summed E-state index contributed by atoms with van der Waals surface area (Å²) in [5.74, 6) is 0. The van der Waals surface area contributed by atoms with Gasteiger partial charge in [-0.2, -0.15) is 0 Å². The van der Waals surface area contributed by atoms with Crippen LogP contribution in [0.25, 0.3) is 0 Å². The Labute approximate surface area is 106 Å². The third-order valence-corrected chi connectivity index (χ3v) is 4.04. The van der Waals surface area contributed by atoms with Crippen molar-refractivity contribution in [1.82, 2.24) is 4.90 Å². The minimum absolute atomic E-state index is 0. The van der Waals surface area contributed by atoms with Gasteiger partial charge in [-0.15, -0.1) is 12.4 Å². The predicted octanol–water partition coefficient (Wildman–Crippen LogP) is 2.80. The van der Waals surface area contributed by atoms with Crippen molar-refractivity contribution in [1.29, 1.82) is 0 Å². The van der Waals surface area contributed by atoms with E-state index in [0.717, 1.165) is 6.54 Å². The summed E-state index contributed by atoms with van der Waals surface area (Å²) in [6.45, 7) is 7.93. The molecule has 1 aliphatic heterocycles. The Morgan fingerprint density at radius 3 is 2.25 bits per heavy atom. The van der Waals surface area contributed by atoms with Gasteiger partial charge in [0, 0.05) is 18.6 Å². The van der Waals surface area contributed by atoms with E-state index in [4.69, 9.17) is 5.73 Å². The Balaban J connectivity index is 0.00000128. The molecule has 3 heteroatoms. The molecular weight excluding hydrogens is 220 g/mol. The van der Waals surface area contributed by atoms with Crippen LogP contribution < -0.4 is 5.73 Å². The Kier molecular flexibility index (Phi) is 4.67. The number of hydrogen-bond donors (Lipinski definition) is 1. The van der Waals surface area contributed by atoms with Crippen molar-refractivity contribution in [2.45, 2.75) is 57.9 Å². The standard InChI is InChI=1S/C13H26N2.ClH/c1-12(2,14)10-15-9-5-8-13(11-15)6-3-4-7-13;/h3-11,14H2,1-2H3;1H. The molecule has 2 N–H and O–H groups in total. The van der Waals surface area contributed by atoms with Crippen LogP contribution in [0.1, 0.15) is 52.4 Å². The van der Waals surface area contributed by atoms with Gasteiger partial charge in [-0.05, 0) is 51.5 Å². The monoisotopic (exact) mass is 246 g/mol. The smallest absolute Gasteiger partial charge is 0.0226 e. The van der Waals surface area contributed by atoms with Crippen molar-refractivity contribution in [3.05, 3.63) is 0 Å². The highest BCUT2D eigenvalue weighted by atomic mass is 35.5. The van der Waals surface area contributed by atoms with Crippen LogP contribution in [0.2, 0.25) is 0 Å². The van der Waals surface area contributed by atoms with Gasteiger partial charge in [0.1, 0.15) is 0 Å². The highest BCUT2D eigenvalue weighted by Gasteiger charge is 2.38. The predicted molar refractivity (Wildman–Crippen MR) is 72.1 cm³/mol. The number of likely N-dealkylation sites (tertiary alicyclic amines) is 1. The van der Waals surface area contributed by atoms with Gasteiger partial charge in [0.2, 0.25) is 0 Å². The SMILES string of the molecule is CC(C)(N)CN1CCCC2(CCCC2)C1.Cl.